The molecule has 0 radical (unpaired) electrons. The fraction of sp³-hybridized carbons (Fsp3) is 0.581. The van der Waals surface area contributed by atoms with Crippen molar-refractivity contribution < 1.29 is 26.7 Å². The standard InChI is InChI=1S/C31H33ClF5N5O/c1-16-8-17(2)38-27(24(16)31(35,36)37)23-22(32)10-21-26(25(23)34)39-29(40-28(21)41-12-18-4-5-19(9-18)13-41)43-15-30-6-3-7-42(30)14-20(33)11-30/h8,10,18-20H,3-7,9,11-15H2,1-2H3/t18?,19?,20-,30+/m1/s1. The number of aryl methyl sites for hydroxylation is 2. The third-order valence-corrected chi connectivity index (χ3v) is 10.1. The largest absolute Gasteiger partial charge is 0.461 e. The summed E-state index contributed by atoms with van der Waals surface area (Å²) in [5.41, 5.74) is -2.51. The Bertz CT molecular complexity index is 1590. The maximum atomic E-state index is 16.6. The van der Waals surface area contributed by atoms with E-state index in [9.17, 15) is 17.6 Å². The van der Waals surface area contributed by atoms with Crippen LogP contribution in [0.25, 0.3) is 22.2 Å². The van der Waals surface area contributed by atoms with E-state index >= 15 is 4.39 Å². The van der Waals surface area contributed by atoms with Gasteiger partial charge in [0.25, 0.3) is 0 Å². The molecule has 12 heteroatoms. The number of alkyl halides is 4. The summed E-state index contributed by atoms with van der Waals surface area (Å²) in [4.78, 5) is 17.5. The Labute approximate surface area is 251 Å². The molecule has 6 nitrogen and oxygen atoms in total. The number of nitrogens with zero attached hydrogens (tertiary/aromatic N) is 5. The molecular weight excluding hydrogens is 589 g/mol. The lowest BCUT2D eigenvalue weighted by atomic mass is 9.95. The Hall–Kier alpha value is -2.79. The number of hydrogen-bond acceptors (Lipinski definition) is 6. The first-order valence-corrected chi connectivity index (χ1v) is 15.3. The van der Waals surface area contributed by atoms with E-state index in [0.29, 0.717) is 41.7 Å². The number of hydrogen-bond donors (Lipinski definition) is 0. The summed E-state index contributed by atoms with van der Waals surface area (Å²) in [7, 11) is 0. The van der Waals surface area contributed by atoms with Crippen LogP contribution in [0.5, 0.6) is 6.01 Å². The molecule has 7 rings (SSSR count). The van der Waals surface area contributed by atoms with Gasteiger partial charge in [-0.25, -0.2) is 8.78 Å². The summed E-state index contributed by atoms with van der Waals surface area (Å²) < 4.78 is 79.9. The second kappa shape index (κ2) is 10.4. The number of halogens is 6. The van der Waals surface area contributed by atoms with Crippen LogP contribution in [0.3, 0.4) is 0 Å². The topological polar surface area (TPSA) is 54.4 Å². The highest BCUT2D eigenvalue weighted by Crippen LogP contribution is 2.46. The zero-order valence-electron chi connectivity index (χ0n) is 24.1. The van der Waals surface area contributed by atoms with E-state index in [2.05, 4.69) is 19.8 Å². The van der Waals surface area contributed by atoms with Crippen LogP contribution in [0.15, 0.2) is 12.1 Å². The van der Waals surface area contributed by atoms with Gasteiger partial charge in [0.15, 0.2) is 5.82 Å². The highest BCUT2D eigenvalue weighted by atomic mass is 35.5. The molecule has 3 aromatic rings. The molecule has 0 spiro atoms. The van der Waals surface area contributed by atoms with Crippen molar-refractivity contribution in [2.75, 3.05) is 37.7 Å². The van der Waals surface area contributed by atoms with E-state index in [1.165, 1.54) is 19.1 Å². The minimum absolute atomic E-state index is 0.0788. The van der Waals surface area contributed by atoms with Crippen molar-refractivity contribution in [2.45, 2.75) is 70.3 Å². The van der Waals surface area contributed by atoms with Crippen LogP contribution in [0, 0.1) is 31.5 Å². The smallest absolute Gasteiger partial charge is 0.418 e. The Morgan fingerprint density at radius 2 is 1.81 bits per heavy atom. The fourth-order valence-electron chi connectivity index (χ4n) is 8.09. The lowest BCUT2D eigenvalue weighted by molar-refractivity contribution is -0.137. The monoisotopic (exact) mass is 621 g/mol. The van der Waals surface area contributed by atoms with Crippen molar-refractivity contribution in [1.29, 1.82) is 0 Å². The summed E-state index contributed by atoms with van der Waals surface area (Å²) in [6, 6.07) is 2.68. The number of anilines is 1. The molecule has 3 saturated heterocycles. The maximum Gasteiger partial charge on any atom is 0.418 e. The summed E-state index contributed by atoms with van der Waals surface area (Å²) in [5, 5.41) is 0.107. The average molecular weight is 622 g/mol. The van der Waals surface area contributed by atoms with Crippen LogP contribution in [0.4, 0.5) is 27.8 Å². The van der Waals surface area contributed by atoms with E-state index < -0.39 is 40.5 Å². The number of pyridine rings is 1. The number of ether oxygens (including phenoxy) is 1. The van der Waals surface area contributed by atoms with E-state index in [1.54, 1.807) is 6.92 Å². The molecule has 2 aromatic heterocycles. The minimum Gasteiger partial charge on any atom is -0.461 e. The van der Waals surface area contributed by atoms with Crippen molar-refractivity contribution in [3.8, 4) is 17.3 Å². The molecule has 4 fully saturated rings. The highest BCUT2D eigenvalue weighted by molar-refractivity contribution is 6.34. The van der Waals surface area contributed by atoms with E-state index in [-0.39, 0.29) is 28.7 Å². The molecule has 1 aromatic carbocycles. The van der Waals surface area contributed by atoms with Crippen molar-refractivity contribution >= 4 is 28.3 Å². The van der Waals surface area contributed by atoms with Crippen molar-refractivity contribution in [2.24, 2.45) is 11.8 Å². The normalized spacial score (nSPS) is 27.3. The molecule has 230 valence electrons. The Morgan fingerprint density at radius 1 is 1.07 bits per heavy atom. The van der Waals surface area contributed by atoms with Gasteiger partial charge in [-0.05, 0) is 82.0 Å². The van der Waals surface area contributed by atoms with Crippen LogP contribution < -0.4 is 9.64 Å². The Morgan fingerprint density at radius 3 is 2.53 bits per heavy atom. The molecule has 2 unspecified atom stereocenters. The van der Waals surface area contributed by atoms with Gasteiger partial charge in [0.1, 0.15) is 24.1 Å². The van der Waals surface area contributed by atoms with E-state index in [4.69, 9.17) is 21.3 Å². The van der Waals surface area contributed by atoms with Crippen LogP contribution in [-0.4, -0.2) is 64.3 Å². The lowest BCUT2D eigenvalue weighted by Gasteiger charge is -2.34. The molecule has 43 heavy (non-hydrogen) atoms. The Balaban J connectivity index is 1.38. The van der Waals surface area contributed by atoms with Gasteiger partial charge in [-0.1, -0.05) is 11.6 Å². The zero-order chi connectivity index (χ0) is 30.3. The molecule has 1 aliphatic carbocycles. The molecule has 4 aliphatic rings. The molecule has 0 N–H and O–H groups in total. The first-order chi connectivity index (χ1) is 20.4. The van der Waals surface area contributed by atoms with Gasteiger partial charge < -0.3 is 9.64 Å². The van der Waals surface area contributed by atoms with Crippen LogP contribution >= 0.6 is 11.6 Å². The predicted octanol–water partition coefficient (Wildman–Crippen LogP) is 7.31. The molecular formula is C31H33ClF5N5O. The van der Waals surface area contributed by atoms with Crippen molar-refractivity contribution in [3.05, 3.63) is 39.8 Å². The van der Waals surface area contributed by atoms with Crippen LogP contribution in [0.2, 0.25) is 5.02 Å². The van der Waals surface area contributed by atoms with Gasteiger partial charge >= 0.3 is 12.2 Å². The molecule has 5 heterocycles. The van der Waals surface area contributed by atoms with Gasteiger partial charge in [-0.3, -0.25) is 9.88 Å². The molecule has 3 aliphatic heterocycles. The maximum absolute atomic E-state index is 16.6. The van der Waals surface area contributed by atoms with Crippen molar-refractivity contribution in [1.82, 2.24) is 19.9 Å². The van der Waals surface area contributed by atoms with E-state index in [0.717, 1.165) is 51.7 Å². The highest BCUT2D eigenvalue weighted by Gasteiger charge is 2.49. The predicted molar refractivity (Wildman–Crippen MR) is 154 cm³/mol. The van der Waals surface area contributed by atoms with Gasteiger partial charge in [0, 0.05) is 37.1 Å². The molecule has 1 saturated carbocycles. The lowest BCUT2D eigenvalue weighted by Crippen LogP contribution is -2.43. The second-order valence-electron chi connectivity index (χ2n) is 12.9. The number of rotatable bonds is 5. The van der Waals surface area contributed by atoms with E-state index in [1.807, 2.05) is 0 Å². The number of benzene rings is 1. The van der Waals surface area contributed by atoms with Crippen LogP contribution in [-0.2, 0) is 6.18 Å². The van der Waals surface area contributed by atoms with Crippen molar-refractivity contribution in [3.63, 3.8) is 0 Å². The summed E-state index contributed by atoms with van der Waals surface area (Å²) in [6.45, 7) is 5.60. The van der Waals surface area contributed by atoms with Crippen LogP contribution in [0.1, 0.15) is 55.3 Å². The first kappa shape index (κ1) is 29.0. The summed E-state index contributed by atoms with van der Waals surface area (Å²) in [6.07, 6.45) is -0.351. The van der Waals surface area contributed by atoms with Gasteiger partial charge in [-0.15, -0.1) is 0 Å². The molecule has 2 bridgehead atoms. The molecule has 0 amide bonds. The average Bonchev–Trinajstić information content (AvgIpc) is 3.56. The zero-order valence-corrected chi connectivity index (χ0v) is 24.8. The first-order valence-electron chi connectivity index (χ1n) is 14.9. The number of piperidine rings is 1. The van der Waals surface area contributed by atoms with Gasteiger partial charge in [-0.2, -0.15) is 23.1 Å². The molecule has 4 atom stereocenters. The SMILES string of the molecule is Cc1cc(C)c(C(F)(F)F)c(-c2c(Cl)cc3c(N4CC5CCC(C5)C4)nc(OC[C@@]45CCCN4C[C@H](F)C5)nc3c2F)n1. The fourth-order valence-corrected chi connectivity index (χ4v) is 8.37. The third-order valence-electron chi connectivity index (χ3n) is 9.84. The second-order valence-corrected chi connectivity index (χ2v) is 13.3. The Kier molecular flexibility index (Phi) is 7.00. The summed E-state index contributed by atoms with van der Waals surface area (Å²) >= 11 is 6.62. The number of fused-ring (bicyclic) bond motifs is 4. The summed E-state index contributed by atoms with van der Waals surface area (Å²) in [5.74, 6) is 0.396. The number of aromatic nitrogens is 3. The van der Waals surface area contributed by atoms with Gasteiger partial charge in [0.2, 0.25) is 0 Å². The third kappa shape index (κ3) is 5.00. The van der Waals surface area contributed by atoms with Gasteiger partial charge in [0.05, 0.1) is 27.4 Å². The quantitative estimate of drug-likeness (QED) is 0.279. The minimum atomic E-state index is -4.79.